The summed E-state index contributed by atoms with van der Waals surface area (Å²) in [5.74, 6) is -0.451. The van der Waals surface area contributed by atoms with Crippen molar-refractivity contribution in [3.8, 4) is 0 Å². The minimum atomic E-state index is -0.451. The normalized spacial score (nSPS) is 13.8. The number of methoxy groups -OCH3 is 1. The van der Waals surface area contributed by atoms with E-state index in [0.717, 1.165) is 53.2 Å². The fraction of sp³-hybridized carbons (Fsp3) is 0.474. The van der Waals surface area contributed by atoms with Gasteiger partial charge >= 0.3 is 0 Å². The number of fused-ring (bicyclic) bond motifs is 3. The molecule has 0 aliphatic heterocycles. The number of ether oxygens (including phenoxy) is 1. The van der Waals surface area contributed by atoms with E-state index >= 15 is 0 Å². The second-order valence-electron chi connectivity index (χ2n) is 6.63. The number of hydrogen-bond acceptors (Lipinski definition) is 7. The Morgan fingerprint density at radius 2 is 2.14 bits per heavy atom. The van der Waals surface area contributed by atoms with Crippen molar-refractivity contribution in [1.29, 1.82) is 0 Å². The van der Waals surface area contributed by atoms with Gasteiger partial charge in [-0.25, -0.2) is 19.3 Å². The standard InChI is InChI=1S/C19H21FN4O2S2/c1-3-12-15(20)17(22-10-21-12)28-19-23-16-14(18(25)24(19)8-9-26-2)11-6-4-5-7-13(11)27-16/h10H,3-9H2,1-2H3. The van der Waals surface area contributed by atoms with Crippen LogP contribution in [0.15, 0.2) is 21.3 Å². The molecule has 0 saturated carbocycles. The Morgan fingerprint density at radius 3 is 2.93 bits per heavy atom. The van der Waals surface area contributed by atoms with Crippen molar-refractivity contribution in [2.45, 2.75) is 55.8 Å². The summed E-state index contributed by atoms with van der Waals surface area (Å²) in [4.78, 5) is 28.1. The molecule has 1 aliphatic rings. The van der Waals surface area contributed by atoms with Crippen molar-refractivity contribution in [3.63, 3.8) is 0 Å². The molecule has 3 aromatic rings. The van der Waals surface area contributed by atoms with E-state index in [-0.39, 0.29) is 10.6 Å². The van der Waals surface area contributed by atoms with Gasteiger partial charge in [-0.3, -0.25) is 9.36 Å². The molecule has 0 saturated heterocycles. The molecule has 0 spiro atoms. The molecule has 4 rings (SSSR count). The quantitative estimate of drug-likeness (QED) is 0.448. The van der Waals surface area contributed by atoms with E-state index in [1.807, 2.05) is 6.92 Å². The molecule has 3 heterocycles. The Bertz CT molecular complexity index is 1080. The molecule has 1 aliphatic carbocycles. The van der Waals surface area contributed by atoms with E-state index in [2.05, 4.69) is 9.97 Å². The zero-order valence-corrected chi connectivity index (χ0v) is 17.5. The monoisotopic (exact) mass is 420 g/mol. The maximum Gasteiger partial charge on any atom is 0.263 e. The Labute approximate surface area is 170 Å². The lowest BCUT2D eigenvalue weighted by Crippen LogP contribution is -2.25. The van der Waals surface area contributed by atoms with Gasteiger partial charge in [0.25, 0.3) is 5.56 Å². The molecule has 0 bridgehead atoms. The maximum absolute atomic E-state index is 14.7. The molecule has 0 unspecified atom stereocenters. The number of aromatic nitrogens is 4. The smallest absolute Gasteiger partial charge is 0.263 e. The van der Waals surface area contributed by atoms with Gasteiger partial charge in [0, 0.05) is 12.0 Å². The van der Waals surface area contributed by atoms with Gasteiger partial charge in [0.05, 0.1) is 24.2 Å². The average molecular weight is 421 g/mol. The summed E-state index contributed by atoms with van der Waals surface area (Å²) in [7, 11) is 1.59. The highest BCUT2D eigenvalue weighted by Gasteiger charge is 2.23. The molecule has 0 N–H and O–H groups in total. The molecule has 0 radical (unpaired) electrons. The fourth-order valence-corrected chi connectivity index (χ4v) is 5.68. The predicted octanol–water partition coefficient (Wildman–Crippen LogP) is 3.63. The second-order valence-corrected chi connectivity index (χ2v) is 8.67. The lowest BCUT2D eigenvalue weighted by atomic mass is 9.97. The lowest BCUT2D eigenvalue weighted by molar-refractivity contribution is 0.183. The highest BCUT2D eigenvalue weighted by molar-refractivity contribution is 7.99. The van der Waals surface area contributed by atoms with Crippen molar-refractivity contribution in [2.75, 3.05) is 13.7 Å². The number of rotatable bonds is 6. The Hall–Kier alpha value is -1.84. The van der Waals surface area contributed by atoms with Gasteiger partial charge in [0.15, 0.2) is 11.0 Å². The Balaban J connectivity index is 1.86. The van der Waals surface area contributed by atoms with Gasteiger partial charge in [0.1, 0.15) is 16.2 Å². The molecule has 0 aromatic carbocycles. The van der Waals surface area contributed by atoms with Crippen LogP contribution in [0, 0.1) is 5.82 Å². The third-order valence-corrected chi connectivity index (χ3v) is 7.07. The Kier molecular flexibility index (Phi) is 5.75. The van der Waals surface area contributed by atoms with Crippen LogP contribution >= 0.6 is 23.1 Å². The van der Waals surface area contributed by atoms with Gasteiger partial charge in [-0.05, 0) is 49.4 Å². The van der Waals surface area contributed by atoms with E-state index in [4.69, 9.17) is 9.72 Å². The Morgan fingerprint density at radius 1 is 1.32 bits per heavy atom. The minimum Gasteiger partial charge on any atom is -0.383 e. The number of thiophene rings is 1. The van der Waals surface area contributed by atoms with Gasteiger partial charge in [-0.2, -0.15) is 0 Å². The molecular weight excluding hydrogens is 399 g/mol. The van der Waals surface area contributed by atoms with Crippen molar-refractivity contribution < 1.29 is 9.13 Å². The summed E-state index contributed by atoms with van der Waals surface area (Å²) in [6, 6.07) is 0. The first-order valence-corrected chi connectivity index (χ1v) is 11.0. The molecule has 0 amide bonds. The second kappa shape index (κ2) is 8.26. The third kappa shape index (κ3) is 3.46. The van der Waals surface area contributed by atoms with E-state index < -0.39 is 5.82 Å². The van der Waals surface area contributed by atoms with Crippen LogP contribution < -0.4 is 5.56 Å². The van der Waals surface area contributed by atoms with Crippen LogP contribution in [0.5, 0.6) is 0 Å². The van der Waals surface area contributed by atoms with E-state index in [0.29, 0.717) is 30.4 Å². The van der Waals surface area contributed by atoms with Crippen LogP contribution in [0.4, 0.5) is 4.39 Å². The molecule has 0 atom stereocenters. The molecular formula is C19H21FN4O2S2. The van der Waals surface area contributed by atoms with Crippen molar-refractivity contribution in [1.82, 2.24) is 19.5 Å². The van der Waals surface area contributed by atoms with E-state index in [1.165, 1.54) is 11.2 Å². The van der Waals surface area contributed by atoms with Crippen LogP contribution in [-0.2, 0) is 30.5 Å². The summed E-state index contributed by atoms with van der Waals surface area (Å²) in [5.41, 5.74) is 1.43. The summed E-state index contributed by atoms with van der Waals surface area (Å²) in [6.07, 6.45) is 5.98. The van der Waals surface area contributed by atoms with Crippen LogP contribution in [-0.4, -0.2) is 33.2 Å². The van der Waals surface area contributed by atoms with Crippen LogP contribution in [0.3, 0.4) is 0 Å². The highest BCUT2D eigenvalue weighted by atomic mass is 32.2. The van der Waals surface area contributed by atoms with Gasteiger partial charge in [-0.15, -0.1) is 11.3 Å². The van der Waals surface area contributed by atoms with Crippen molar-refractivity contribution >= 4 is 33.3 Å². The summed E-state index contributed by atoms with van der Waals surface area (Å²) >= 11 is 2.66. The molecule has 3 aromatic heterocycles. The molecule has 9 heteroatoms. The van der Waals surface area contributed by atoms with Gasteiger partial charge in [0.2, 0.25) is 0 Å². The largest absolute Gasteiger partial charge is 0.383 e. The van der Waals surface area contributed by atoms with Crippen LogP contribution in [0.1, 0.15) is 35.9 Å². The SMILES string of the molecule is CCc1ncnc(Sc2nc3sc4c(c3c(=O)n2CCOC)CCCC4)c1F. The predicted molar refractivity (Wildman–Crippen MR) is 108 cm³/mol. The maximum atomic E-state index is 14.7. The zero-order chi connectivity index (χ0) is 19.7. The summed E-state index contributed by atoms with van der Waals surface area (Å²) in [6.45, 7) is 2.58. The van der Waals surface area contributed by atoms with Crippen LogP contribution in [0.25, 0.3) is 10.2 Å². The van der Waals surface area contributed by atoms with Gasteiger partial charge < -0.3 is 4.74 Å². The van der Waals surface area contributed by atoms with Crippen molar-refractivity contribution in [2.24, 2.45) is 0 Å². The number of nitrogens with zero attached hydrogens (tertiary/aromatic N) is 4. The minimum absolute atomic E-state index is 0.0749. The molecule has 28 heavy (non-hydrogen) atoms. The van der Waals surface area contributed by atoms with E-state index in [9.17, 15) is 9.18 Å². The first-order chi connectivity index (χ1) is 13.6. The summed E-state index contributed by atoms with van der Waals surface area (Å²) < 4.78 is 21.4. The zero-order valence-electron chi connectivity index (χ0n) is 15.8. The van der Waals surface area contributed by atoms with Crippen LogP contribution in [0.2, 0.25) is 0 Å². The third-order valence-electron chi connectivity index (χ3n) is 4.91. The first kappa shape index (κ1) is 19.5. The fourth-order valence-electron chi connectivity index (χ4n) is 3.47. The first-order valence-electron chi connectivity index (χ1n) is 9.35. The lowest BCUT2D eigenvalue weighted by Gasteiger charge is -2.13. The number of hydrogen-bond donors (Lipinski definition) is 0. The number of halogens is 1. The van der Waals surface area contributed by atoms with E-state index in [1.54, 1.807) is 23.0 Å². The average Bonchev–Trinajstić information content (AvgIpc) is 3.07. The highest BCUT2D eigenvalue weighted by Crippen LogP contribution is 2.36. The summed E-state index contributed by atoms with van der Waals surface area (Å²) in [5, 5.41) is 1.34. The van der Waals surface area contributed by atoms with Crippen molar-refractivity contribution in [3.05, 3.63) is 38.6 Å². The topological polar surface area (TPSA) is 69.9 Å². The molecule has 0 fully saturated rings. The number of aryl methyl sites for hydroxylation is 3. The molecule has 148 valence electrons. The molecule has 6 nitrogen and oxygen atoms in total. The van der Waals surface area contributed by atoms with Gasteiger partial charge in [-0.1, -0.05) is 6.92 Å².